The largest absolute Gasteiger partial charge is 0.338 e. The molecule has 3 heteroatoms. The van der Waals surface area contributed by atoms with Crippen molar-refractivity contribution < 1.29 is 4.79 Å². The minimum absolute atomic E-state index is 0.176. The maximum Gasteiger partial charge on any atom is 0.317 e. The summed E-state index contributed by atoms with van der Waals surface area (Å²) in [5, 5.41) is 3.17. The molecular weight excluding hydrogens is 224 g/mol. The Kier molecular flexibility index (Phi) is 5.33. The van der Waals surface area contributed by atoms with E-state index in [1.165, 1.54) is 51.4 Å². The standard InChI is InChI=1S/C15H28N2O/c1-13-8-4-5-9-14(13)12-16-15(18)17-10-6-2-3-7-11-17/h13-14H,2-12H2,1H3,(H,16,18). The van der Waals surface area contributed by atoms with Gasteiger partial charge in [-0.1, -0.05) is 39.0 Å². The van der Waals surface area contributed by atoms with Crippen LogP contribution >= 0.6 is 0 Å². The molecule has 0 spiro atoms. The Morgan fingerprint density at radius 3 is 2.39 bits per heavy atom. The van der Waals surface area contributed by atoms with E-state index in [9.17, 15) is 4.79 Å². The molecule has 3 nitrogen and oxygen atoms in total. The van der Waals surface area contributed by atoms with E-state index < -0.39 is 0 Å². The van der Waals surface area contributed by atoms with Gasteiger partial charge in [-0.2, -0.15) is 0 Å². The normalized spacial score (nSPS) is 29.7. The van der Waals surface area contributed by atoms with Gasteiger partial charge in [-0.15, -0.1) is 0 Å². The van der Waals surface area contributed by atoms with E-state index in [1.54, 1.807) is 0 Å². The van der Waals surface area contributed by atoms with Crippen LogP contribution in [-0.2, 0) is 0 Å². The summed E-state index contributed by atoms with van der Waals surface area (Å²) in [6.07, 6.45) is 10.3. The third kappa shape index (κ3) is 3.89. The van der Waals surface area contributed by atoms with Gasteiger partial charge < -0.3 is 10.2 Å². The van der Waals surface area contributed by atoms with Crippen LogP contribution in [-0.4, -0.2) is 30.6 Å². The van der Waals surface area contributed by atoms with Crippen LogP contribution in [0.15, 0.2) is 0 Å². The van der Waals surface area contributed by atoms with Gasteiger partial charge in [0.15, 0.2) is 0 Å². The molecule has 1 saturated carbocycles. The Balaban J connectivity index is 1.72. The van der Waals surface area contributed by atoms with Crippen molar-refractivity contribution >= 4 is 6.03 Å². The van der Waals surface area contributed by atoms with E-state index in [1.807, 2.05) is 4.90 Å². The first kappa shape index (κ1) is 13.7. The second-order valence-electron chi connectivity index (χ2n) is 6.11. The lowest BCUT2D eigenvalue weighted by atomic mass is 9.80. The molecule has 2 amide bonds. The summed E-state index contributed by atoms with van der Waals surface area (Å²) < 4.78 is 0. The number of rotatable bonds is 2. The second-order valence-corrected chi connectivity index (χ2v) is 6.11. The van der Waals surface area contributed by atoms with Crippen LogP contribution in [0.1, 0.15) is 58.3 Å². The van der Waals surface area contributed by atoms with E-state index >= 15 is 0 Å². The first-order chi connectivity index (χ1) is 8.77. The molecule has 2 aliphatic rings. The molecule has 1 N–H and O–H groups in total. The Labute approximate surface area is 111 Å². The van der Waals surface area contributed by atoms with Gasteiger partial charge in [0.2, 0.25) is 0 Å². The molecule has 104 valence electrons. The number of hydrogen-bond acceptors (Lipinski definition) is 1. The zero-order valence-electron chi connectivity index (χ0n) is 11.8. The van der Waals surface area contributed by atoms with Gasteiger partial charge in [0, 0.05) is 19.6 Å². The lowest BCUT2D eigenvalue weighted by Gasteiger charge is -2.30. The summed E-state index contributed by atoms with van der Waals surface area (Å²) in [6.45, 7) is 5.12. The molecule has 1 aliphatic heterocycles. The predicted octanol–water partition coefficient (Wildman–Crippen LogP) is 3.40. The molecule has 2 fully saturated rings. The summed E-state index contributed by atoms with van der Waals surface area (Å²) in [4.78, 5) is 14.1. The minimum atomic E-state index is 0.176. The van der Waals surface area contributed by atoms with Crippen LogP contribution in [0.25, 0.3) is 0 Å². The van der Waals surface area contributed by atoms with Crippen molar-refractivity contribution in [2.45, 2.75) is 58.3 Å². The highest BCUT2D eigenvalue weighted by molar-refractivity contribution is 5.74. The SMILES string of the molecule is CC1CCCCC1CNC(=O)N1CCCCCC1. The molecule has 2 atom stereocenters. The topological polar surface area (TPSA) is 32.3 Å². The highest BCUT2D eigenvalue weighted by Gasteiger charge is 2.22. The lowest BCUT2D eigenvalue weighted by Crippen LogP contribution is -2.43. The van der Waals surface area contributed by atoms with Crippen molar-refractivity contribution in [1.82, 2.24) is 10.2 Å². The molecule has 2 unspecified atom stereocenters. The van der Waals surface area contributed by atoms with E-state index in [0.717, 1.165) is 25.6 Å². The van der Waals surface area contributed by atoms with Crippen molar-refractivity contribution in [3.8, 4) is 0 Å². The number of amides is 2. The van der Waals surface area contributed by atoms with E-state index in [2.05, 4.69) is 12.2 Å². The highest BCUT2D eigenvalue weighted by Crippen LogP contribution is 2.28. The van der Waals surface area contributed by atoms with E-state index in [4.69, 9.17) is 0 Å². The van der Waals surface area contributed by atoms with Crippen LogP contribution in [0.2, 0.25) is 0 Å². The Morgan fingerprint density at radius 1 is 1.06 bits per heavy atom. The average molecular weight is 252 g/mol. The quantitative estimate of drug-likeness (QED) is 0.802. The summed E-state index contributed by atoms with van der Waals surface area (Å²) in [7, 11) is 0. The molecule has 0 bridgehead atoms. The second kappa shape index (κ2) is 7.01. The van der Waals surface area contributed by atoms with Crippen molar-refractivity contribution in [1.29, 1.82) is 0 Å². The number of nitrogens with zero attached hydrogens (tertiary/aromatic N) is 1. The first-order valence-corrected chi connectivity index (χ1v) is 7.80. The molecule has 18 heavy (non-hydrogen) atoms. The molecule has 1 aliphatic carbocycles. The number of likely N-dealkylation sites (tertiary alicyclic amines) is 1. The van der Waals surface area contributed by atoms with E-state index in [0.29, 0.717) is 5.92 Å². The van der Waals surface area contributed by atoms with Gasteiger partial charge in [-0.3, -0.25) is 0 Å². The maximum atomic E-state index is 12.1. The van der Waals surface area contributed by atoms with Crippen LogP contribution in [0.3, 0.4) is 0 Å². The summed E-state index contributed by atoms with van der Waals surface area (Å²) in [5.41, 5.74) is 0. The van der Waals surface area contributed by atoms with Crippen molar-refractivity contribution in [2.75, 3.05) is 19.6 Å². The fourth-order valence-electron chi connectivity index (χ4n) is 3.30. The lowest BCUT2D eigenvalue weighted by molar-refractivity contribution is 0.190. The number of carbonyl (C=O) groups is 1. The minimum Gasteiger partial charge on any atom is -0.338 e. The predicted molar refractivity (Wildman–Crippen MR) is 74.6 cm³/mol. The highest BCUT2D eigenvalue weighted by atomic mass is 16.2. The van der Waals surface area contributed by atoms with Gasteiger partial charge in [-0.05, 0) is 31.1 Å². The number of nitrogens with one attached hydrogen (secondary N) is 1. The monoisotopic (exact) mass is 252 g/mol. The Morgan fingerprint density at radius 2 is 1.72 bits per heavy atom. The Bertz CT molecular complexity index is 259. The maximum absolute atomic E-state index is 12.1. The first-order valence-electron chi connectivity index (χ1n) is 7.80. The molecule has 1 saturated heterocycles. The molecule has 0 aromatic carbocycles. The zero-order valence-corrected chi connectivity index (χ0v) is 11.8. The van der Waals surface area contributed by atoms with Gasteiger partial charge in [0.1, 0.15) is 0 Å². The Hall–Kier alpha value is -0.730. The fourth-order valence-corrected chi connectivity index (χ4v) is 3.30. The van der Waals surface area contributed by atoms with Gasteiger partial charge in [0.25, 0.3) is 0 Å². The van der Waals surface area contributed by atoms with Gasteiger partial charge in [-0.25, -0.2) is 4.79 Å². The van der Waals surface area contributed by atoms with Crippen LogP contribution in [0, 0.1) is 11.8 Å². The average Bonchev–Trinajstić information content (AvgIpc) is 2.66. The third-order valence-corrected chi connectivity index (χ3v) is 4.70. The van der Waals surface area contributed by atoms with Crippen molar-refractivity contribution in [3.05, 3.63) is 0 Å². The molecular formula is C15H28N2O. The molecule has 2 rings (SSSR count). The molecule has 0 radical (unpaired) electrons. The number of hydrogen-bond donors (Lipinski definition) is 1. The van der Waals surface area contributed by atoms with Crippen LogP contribution in [0.4, 0.5) is 4.79 Å². The summed E-state index contributed by atoms with van der Waals surface area (Å²) in [6, 6.07) is 0.176. The summed E-state index contributed by atoms with van der Waals surface area (Å²) in [5.74, 6) is 1.48. The van der Waals surface area contributed by atoms with Crippen LogP contribution in [0.5, 0.6) is 0 Å². The zero-order chi connectivity index (χ0) is 12.8. The smallest absolute Gasteiger partial charge is 0.317 e. The van der Waals surface area contributed by atoms with Crippen molar-refractivity contribution in [3.63, 3.8) is 0 Å². The molecule has 0 aromatic heterocycles. The molecule has 0 aromatic rings. The molecule has 1 heterocycles. The summed E-state index contributed by atoms with van der Waals surface area (Å²) >= 11 is 0. The van der Waals surface area contributed by atoms with Gasteiger partial charge >= 0.3 is 6.03 Å². The number of urea groups is 1. The third-order valence-electron chi connectivity index (χ3n) is 4.70. The van der Waals surface area contributed by atoms with Crippen LogP contribution < -0.4 is 5.32 Å². The van der Waals surface area contributed by atoms with Crippen molar-refractivity contribution in [2.24, 2.45) is 11.8 Å². The number of carbonyl (C=O) groups excluding carboxylic acids is 1. The van der Waals surface area contributed by atoms with Gasteiger partial charge in [0.05, 0.1) is 0 Å². The fraction of sp³-hybridized carbons (Fsp3) is 0.933. The van der Waals surface area contributed by atoms with E-state index in [-0.39, 0.29) is 6.03 Å².